The Labute approximate surface area is 182 Å². The molecule has 4 rings (SSSR count). The molecule has 0 spiro atoms. The van der Waals surface area contributed by atoms with Crippen molar-refractivity contribution in [2.24, 2.45) is 0 Å². The Morgan fingerprint density at radius 2 is 1.96 bits per heavy atom. The summed E-state index contributed by atoms with van der Waals surface area (Å²) >= 11 is 5.90. The zero-order valence-corrected chi connectivity index (χ0v) is 15.0. The zero-order valence-electron chi connectivity index (χ0n) is 27.2. The maximum absolute atomic E-state index is 13.7. The van der Waals surface area contributed by atoms with Gasteiger partial charge in [-0.05, 0) is 63.0 Å². The van der Waals surface area contributed by atoms with Gasteiger partial charge in [-0.15, -0.1) is 0 Å². The predicted octanol–water partition coefficient (Wildman–Crippen LogP) is 4.30. The Hall–Kier alpha value is -2.17. The summed E-state index contributed by atoms with van der Waals surface area (Å²) in [6.07, 6.45) is -2.27. The molecule has 1 aromatic heterocycles. The Balaban J connectivity index is 2.08. The minimum Gasteiger partial charge on any atom is -0.306 e. The maximum Gasteiger partial charge on any atom is 0.274 e. The van der Waals surface area contributed by atoms with Crippen LogP contribution in [0.15, 0.2) is 53.1 Å². The molecule has 1 aliphatic heterocycles. The Kier molecular flexibility index (Phi) is 2.45. The van der Waals surface area contributed by atoms with Gasteiger partial charge >= 0.3 is 0 Å². The van der Waals surface area contributed by atoms with Crippen molar-refractivity contribution < 1.29 is 17.8 Å². The second kappa shape index (κ2) is 7.83. The number of likely N-dealkylation sites (tertiary alicyclic amines) is 1. The summed E-state index contributed by atoms with van der Waals surface area (Å²) in [5, 5.41) is 2.60. The van der Waals surface area contributed by atoms with E-state index >= 15 is 0 Å². The normalized spacial score (nSPS) is 26.4. The lowest BCUT2D eigenvalue weighted by atomic mass is 10.0. The van der Waals surface area contributed by atoms with Crippen molar-refractivity contribution in [2.75, 3.05) is 20.1 Å². The first-order valence-corrected chi connectivity index (χ1v) is 8.85. The van der Waals surface area contributed by atoms with Crippen LogP contribution in [0.1, 0.15) is 54.4 Å². The Morgan fingerprint density at radius 1 is 1.19 bits per heavy atom. The van der Waals surface area contributed by atoms with Crippen LogP contribution in [0.25, 0.3) is 10.8 Å². The second-order valence-electron chi connectivity index (χ2n) is 6.23. The number of hydrogen-bond acceptors (Lipinski definition) is 3. The lowest BCUT2D eigenvalue weighted by Crippen LogP contribution is -2.29. The van der Waals surface area contributed by atoms with Crippen molar-refractivity contribution in [3.05, 3.63) is 75.0 Å². The van der Waals surface area contributed by atoms with Crippen LogP contribution in [0.5, 0.6) is 0 Å². The summed E-state index contributed by atoms with van der Waals surface area (Å²) < 4.78 is 108. The minimum absolute atomic E-state index is 0.0532. The molecule has 0 bridgehead atoms. The summed E-state index contributed by atoms with van der Waals surface area (Å²) in [4.78, 5) is 15.0. The van der Waals surface area contributed by atoms with E-state index in [0.717, 1.165) is 4.68 Å². The molecular weight excluding hydrogens is 358 g/mol. The number of benzene rings is 2. The fourth-order valence-corrected chi connectivity index (χ4v) is 3.20. The number of halogens is 1. The molecule has 2 aromatic carbocycles. The third kappa shape index (κ3) is 3.92. The molecule has 3 aromatic rings. The molecule has 0 N–H and O–H groups in total. The van der Waals surface area contributed by atoms with E-state index in [0.29, 0.717) is 6.42 Å². The summed E-state index contributed by atoms with van der Waals surface area (Å²) in [7, 11) is 0. The molecule has 1 unspecified atom stereocenters. The van der Waals surface area contributed by atoms with Crippen molar-refractivity contribution >= 4 is 22.4 Å². The molecule has 2 heterocycles. The molecular formula is C22H24ClN3O. The van der Waals surface area contributed by atoms with Gasteiger partial charge in [0.2, 0.25) is 0 Å². The van der Waals surface area contributed by atoms with Crippen molar-refractivity contribution in [2.45, 2.75) is 31.7 Å². The molecule has 27 heavy (non-hydrogen) atoms. The van der Waals surface area contributed by atoms with Crippen molar-refractivity contribution in [3.8, 4) is 0 Å². The highest BCUT2D eigenvalue weighted by Gasteiger charge is 2.21. The van der Waals surface area contributed by atoms with Gasteiger partial charge in [0.25, 0.3) is 5.56 Å². The third-order valence-electron chi connectivity index (χ3n) is 4.44. The average molecular weight is 395 g/mol. The van der Waals surface area contributed by atoms with Gasteiger partial charge in [0.1, 0.15) is 0 Å². The van der Waals surface area contributed by atoms with E-state index < -0.39 is 100 Å². The van der Waals surface area contributed by atoms with Crippen LogP contribution in [-0.4, -0.2) is 34.7 Å². The van der Waals surface area contributed by atoms with Gasteiger partial charge in [-0.25, -0.2) is 4.68 Å². The van der Waals surface area contributed by atoms with Gasteiger partial charge in [0.05, 0.1) is 28.1 Å². The first-order valence-electron chi connectivity index (χ1n) is 15.0. The van der Waals surface area contributed by atoms with Gasteiger partial charge in [-0.1, -0.05) is 41.8 Å². The molecule has 1 fully saturated rings. The van der Waals surface area contributed by atoms with E-state index in [1.54, 1.807) is 0 Å². The summed E-state index contributed by atoms with van der Waals surface area (Å²) in [6, 6.07) is -6.79. The molecule has 1 atom stereocenters. The number of rotatable bonds is 3. The lowest BCUT2D eigenvalue weighted by molar-refractivity contribution is 0.334. The van der Waals surface area contributed by atoms with E-state index in [1.807, 2.05) is 0 Å². The van der Waals surface area contributed by atoms with Crippen molar-refractivity contribution in [1.82, 2.24) is 14.7 Å². The Morgan fingerprint density at radius 3 is 2.74 bits per heavy atom. The molecule has 1 aliphatic rings. The van der Waals surface area contributed by atoms with Gasteiger partial charge in [-0.2, -0.15) is 5.10 Å². The van der Waals surface area contributed by atoms with Crippen LogP contribution in [0.4, 0.5) is 0 Å². The minimum atomic E-state index is -2.99. The van der Waals surface area contributed by atoms with E-state index in [2.05, 4.69) is 5.10 Å². The molecule has 0 aliphatic carbocycles. The topological polar surface area (TPSA) is 38.1 Å². The van der Waals surface area contributed by atoms with Crippen LogP contribution in [0.3, 0.4) is 0 Å². The lowest BCUT2D eigenvalue weighted by Gasteiger charge is -2.19. The van der Waals surface area contributed by atoms with Gasteiger partial charge in [-0.3, -0.25) is 4.79 Å². The predicted molar refractivity (Wildman–Crippen MR) is 111 cm³/mol. The van der Waals surface area contributed by atoms with Crippen molar-refractivity contribution in [3.63, 3.8) is 0 Å². The molecule has 0 radical (unpaired) electrons. The Bertz CT molecular complexity index is 1560. The molecule has 0 amide bonds. The van der Waals surface area contributed by atoms with Gasteiger partial charge in [0.15, 0.2) is 0 Å². The standard InChI is InChI=1S/C22H24ClN3O/c1-25-13-4-5-18(12-14-25)26-22(27)20-7-3-2-6-19(20)21(24-26)15-16-8-10-17(23)11-9-16/h2-3,6-11,18H,4-5,12-15H2,1H3/i1D3,2D,3D,6D,7D,8D,9D,10D,11D,15D2. The van der Waals surface area contributed by atoms with E-state index in [-0.39, 0.29) is 25.9 Å². The summed E-state index contributed by atoms with van der Waals surface area (Å²) in [6.45, 7) is -2.11. The van der Waals surface area contributed by atoms with E-state index in [1.165, 1.54) is 4.90 Å². The smallest absolute Gasteiger partial charge is 0.274 e. The first-order chi connectivity index (χ1) is 18.4. The van der Waals surface area contributed by atoms with Gasteiger partial charge in [0, 0.05) is 23.6 Å². The molecule has 0 saturated carbocycles. The summed E-state index contributed by atoms with van der Waals surface area (Å²) in [5.74, 6) is 0. The summed E-state index contributed by atoms with van der Waals surface area (Å²) in [5.41, 5.74) is -2.40. The monoisotopic (exact) mass is 394 g/mol. The van der Waals surface area contributed by atoms with E-state index in [9.17, 15) is 4.79 Å². The van der Waals surface area contributed by atoms with Crippen LogP contribution in [0.2, 0.25) is 5.02 Å². The van der Waals surface area contributed by atoms with Crippen LogP contribution in [-0.2, 0) is 6.37 Å². The van der Waals surface area contributed by atoms with Crippen LogP contribution in [0, 0.1) is 0 Å². The van der Waals surface area contributed by atoms with Crippen LogP contribution < -0.4 is 5.56 Å². The first kappa shape index (κ1) is 8.46. The number of aromatic nitrogens is 2. The number of hydrogen-bond donors (Lipinski definition) is 0. The van der Waals surface area contributed by atoms with Gasteiger partial charge < -0.3 is 4.90 Å². The highest BCUT2D eigenvalue weighted by molar-refractivity contribution is 6.30. The van der Waals surface area contributed by atoms with E-state index in [4.69, 9.17) is 29.4 Å². The quantitative estimate of drug-likeness (QED) is 0.664. The molecule has 4 nitrogen and oxygen atoms in total. The maximum atomic E-state index is 13.7. The van der Waals surface area contributed by atoms with Crippen molar-refractivity contribution in [1.29, 1.82) is 0 Å². The second-order valence-corrected chi connectivity index (χ2v) is 6.61. The number of fused-ring (bicyclic) bond motifs is 1. The third-order valence-corrected chi connectivity index (χ3v) is 4.62. The highest BCUT2D eigenvalue weighted by Crippen LogP contribution is 2.23. The molecule has 1 saturated heterocycles. The fourth-order valence-electron chi connectivity index (χ4n) is 3.10. The highest BCUT2D eigenvalue weighted by atomic mass is 35.5. The SMILES string of the molecule is [2H]c1c([2H])c(C([2H])([2H])c2nn(C3CCCN(C([2H])([2H])[2H])CC3)c(=O)c3c([2H])c([2H])c([2H])c([2H])c23)c([2H])c([2H])c1Cl. The largest absolute Gasteiger partial charge is 0.306 e. The fraction of sp³-hybridized carbons (Fsp3) is 0.364. The molecule has 5 heteroatoms. The average Bonchev–Trinajstić information content (AvgIpc) is 3.14. The zero-order chi connectivity index (χ0) is 30.1. The molecule has 140 valence electrons. The number of nitrogens with zero attached hydrogens (tertiary/aromatic N) is 3. The van der Waals surface area contributed by atoms with Crippen LogP contribution >= 0.6 is 11.6 Å².